The molecule has 4 nitrogen and oxygen atoms in total. The first-order chi connectivity index (χ1) is 6.15. The van der Waals surface area contributed by atoms with Crippen LogP contribution in [0, 0.1) is 0 Å². The molecular weight excluding hydrogens is 211 g/mol. The summed E-state index contributed by atoms with van der Waals surface area (Å²) in [6.07, 6.45) is 0. The zero-order chi connectivity index (χ0) is 9.84. The molecule has 0 amide bonds. The van der Waals surface area contributed by atoms with E-state index in [2.05, 4.69) is 0 Å². The van der Waals surface area contributed by atoms with Crippen molar-refractivity contribution < 1.29 is 70.8 Å². The maximum absolute atomic E-state index is 10.8. The average molecular weight is 218 g/mol. The second kappa shape index (κ2) is 6.31. The molecule has 5 heteroatoms. The van der Waals surface area contributed by atoms with Crippen LogP contribution in [0.15, 0.2) is 24.3 Å². The van der Waals surface area contributed by atoms with Crippen molar-refractivity contribution in [1.82, 2.24) is 0 Å². The first-order valence-electron chi connectivity index (χ1n) is 3.55. The number of hydrogen-bond acceptors (Lipinski definition) is 4. The van der Waals surface area contributed by atoms with Crippen LogP contribution in [0.2, 0.25) is 0 Å². The maximum atomic E-state index is 10.8. The SMILES string of the molecule is COc1ccc(C(=O)C(=O)[O-])cc1.[K+]. The molecule has 0 aliphatic carbocycles. The van der Waals surface area contributed by atoms with E-state index >= 15 is 0 Å². The third kappa shape index (κ3) is 3.51. The Bertz CT molecular complexity index is 331. The van der Waals surface area contributed by atoms with E-state index in [4.69, 9.17) is 4.74 Å². The summed E-state index contributed by atoms with van der Waals surface area (Å²) in [6.45, 7) is 0. The summed E-state index contributed by atoms with van der Waals surface area (Å²) in [7, 11) is 1.48. The summed E-state index contributed by atoms with van der Waals surface area (Å²) in [5, 5.41) is 10.2. The van der Waals surface area contributed by atoms with E-state index in [0.29, 0.717) is 5.75 Å². The molecule has 0 aromatic heterocycles. The zero-order valence-corrected chi connectivity index (χ0v) is 11.1. The second-order valence-electron chi connectivity index (χ2n) is 2.35. The molecule has 0 saturated carbocycles. The Hall–Kier alpha value is -0.204. The molecular formula is C9H7KO4. The third-order valence-corrected chi connectivity index (χ3v) is 1.54. The molecule has 0 aliphatic rings. The van der Waals surface area contributed by atoms with Crippen molar-refractivity contribution in [3.63, 3.8) is 0 Å². The summed E-state index contributed by atoms with van der Waals surface area (Å²) >= 11 is 0. The van der Waals surface area contributed by atoms with Crippen molar-refractivity contribution in [3.05, 3.63) is 29.8 Å². The fraction of sp³-hybridized carbons (Fsp3) is 0.111. The molecule has 0 bridgehead atoms. The Labute approximate surface area is 124 Å². The summed E-state index contributed by atoms with van der Waals surface area (Å²) in [5.74, 6) is -2.16. The number of ether oxygens (including phenoxy) is 1. The number of hydrogen-bond donors (Lipinski definition) is 0. The topological polar surface area (TPSA) is 66.4 Å². The van der Waals surface area contributed by atoms with Gasteiger partial charge in [-0.1, -0.05) is 0 Å². The molecule has 14 heavy (non-hydrogen) atoms. The van der Waals surface area contributed by atoms with Crippen molar-refractivity contribution in [2.75, 3.05) is 7.11 Å². The van der Waals surface area contributed by atoms with E-state index in [0.717, 1.165) is 0 Å². The fourth-order valence-electron chi connectivity index (χ4n) is 0.860. The summed E-state index contributed by atoms with van der Waals surface area (Å²) in [6, 6.07) is 5.76. The van der Waals surface area contributed by atoms with Crippen molar-refractivity contribution in [2.24, 2.45) is 0 Å². The van der Waals surface area contributed by atoms with Gasteiger partial charge in [-0.2, -0.15) is 0 Å². The van der Waals surface area contributed by atoms with Gasteiger partial charge in [-0.3, -0.25) is 4.79 Å². The van der Waals surface area contributed by atoms with E-state index in [1.54, 1.807) is 0 Å². The summed E-state index contributed by atoms with van der Waals surface area (Å²) < 4.78 is 4.84. The van der Waals surface area contributed by atoms with Gasteiger partial charge >= 0.3 is 51.4 Å². The Kier molecular flexibility index (Phi) is 6.22. The van der Waals surface area contributed by atoms with Crippen LogP contribution in [-0.2, 0) is 4.79 Å². The van der Waals surface area contributed by atoms with Crippen molar-refractivity contribution in [1.29, 1.82) is 0 Å². The molecule has 1 aromatic rings. The molecule has 0 radical (unpaired) electrons. The van der Waals surface area contributed by atoms with Gasteiger partial charge in [0, 0.05) is 5.56 Å². The number of aliphatic carboxylic acids is 1. The molecule has 68 valence electrons. The number of carboxylic acid groups (broad SMARTS) is 1. The zero-order valence-electron chi connectivity index (χ0n) is 7.94. The van der Waals surface area contributed by atoms with Crippen molar-refractivity contribution in [2.45, 2.75) is 0 Å². The third-order valence-electron chi connectivity index (χ3n) is 1.54. The quantitative estimate of drug-likeness (QED) is 0.302. The number of carbonyl (C=O) groups is 2. The molecule has 0 N–H and O–H groups in total. The van der Waals surface area contributed by atoms with Gasteiger partial charge in [-0.05, 0) is 24.3 Å². The van der Waals surface area contributed by atoms with Gasteiger partial charge in [0.2, 0.25) is 5.78 Å². The molecule has 0 heterocycles. The van der Waals surface area contributed by atoms with Gasteiger partial charge in [0.1, 0.15) is 11.7 Å². The number of benzene rings is 1. The van der Waals surface area contributed by atoms with Crippen molar-refractivity contribution >= 4 is 11.8 Å². The smallest absolute Gasteiger partial charge is 0.541 e. The molecule has 1 aromatic carbocycles. The van der Waals surface area contributed by atoms with Crippen LogP contribution in [0.4, 0.5) is 0 Å². The predicted molar refractivity (Wildman–Crippen MR) is 42.3 cm³/mol. The van der Waals surface area contributed by atoms with Gasteiger partial charge in [0.25, 0.3) is 0 Å². The number of carboxylic acids is 1. The van der Waals surface area contributed by atoms with Crippen LogP contribution in [0.1, 0.15) is 10.4 Å². The van der Waals surface area contributed by atoms with Gasteiger partial charge in [0.05, 0.1) is 7.11 Å². The number of Topliss-reactive ketones (excluding diaryl/α,β-unsaturated/α-hetero) is 1. The molecule has 1 rings (SSSR count). The van der Waals surface area contributed by atoms with Crippen LogP contribution in [0.25, 0.3) is 0 Å². The number of carbonyl (C=O) groups excluding carboxylic acids is 2. The minimum atomic E-state index is -1.70. The fourth-order valence-corrected chi connectivity index (χ4v) is 0.860. The predicted octanol–water partition coefficient (Wildman–Crippen LogP) is -3.37. The first-order valence-corrected chi connectivity index (χ1v) is 3.55. The van der Waals surface area contributed by atoms with Gasteiger partial charge in [-0.25, -0.2) is 0 Å². The Morgan fingerprint density at radius 1 is 1.21 bits per heavy atom. The van der Waals surface area contributed by atoms with Crippen LogP contribution < -0.4 is 61.2 Å². The summed E-state index contributed by atoms with van der Waals surface area (Å²) in [5.41, 5.74) is 0.0841. The van der Waals surface area contributed by atoms with Crippen LogP contribution in [-0.4, -0.2) is 18.9 Å². The van der Waals surface area contributed by atoms with Gasteiger partial charge in [0.15, 0.2) is 0 Å². The Balaban J connectivity index is 0.00000169. The van der Waals surface area contributed by atoms with E-state index in [1.807, 2.05) is 0 Å². The van der Waals surface area contributed by atoms with E-state index in [9.17, 15) is 14.7 Å². The Morgan fingerprint density at radius 3 is 2.07 bits per heavy atom. The average Bonchev–Trinajstić information content (AvgIpc) is 2.17. The number of ketones is 1. The Morgan fingerprint density at radius 2 is 1.71 bits per heavy atom. The van der Waals surface area contributed by atoms with Crippen LogP contribution in [0.3, 0.4) is 0 Å². The standard InChI is InChI=1S/C9H8O4.K/c1-13-7-4-2-6(3-5-7)8(10)9(11)12;/h2-5H,1H3,(H,11,12);/q;+1/p-1. The molecule has 0 fully saturated rings. The molecule has 0 atom stereocenters. The van der Waals surface area contributed by atoms with Crippen molar-refractivity contribution in [3.8, 4) is 5.75 Å². The first kappa shape index (κ1) is 13.8. The van der Waals surface area contributed by atoms with E-state index in [1.165, 1.54) is 31.4 Å². The monoisotopic (exact) mass is 218 g/mol. The normalized spacial score (nSPS) is 8.64. The maximum Gasteiger partial charge on any atom is 1.00 e. The minimum Gasteiger partial charge on any atom is -0.541 e. The number of methoxy groups -OCH3 is 1. The number of rotatable bonds is 3. The summed E-state index contributed by atoms with van der Waals surface area (Å²) in [4.78, 5) is 21.0. The van der Waals surface area contributed by atoms with E-state index < -0.39 is 11.8 Å². The molecule has 0 unspecified atom stereocenters. The minimum absolute atomic E-state index is 0. The molecule has 0 aliphatic heterocycles. The van der Waals surface area contributed by atoms with E-state index in [-0.39, 0.29) is 56.9 Å². The van der Waals surface area contributed by atoms with Gasteiger partial charge < -0.3 is 14.6 Å². The largest absolute Gasteiger partial charge is 1.00 e. The van der Waals surface area contributed by atoms with Crippen LogP contribution in [0.5, 0.6) is 5.75 Å². The van der Waals surface area contributed by atoms with Gasteiger partial charge in [-0.15, -0.1) is 0 Å². The van der Waals surface area contributed by atoms with Crippen LogP contribution >= 0.6 is 0 Å². The molecule has 0 spiro atoms. The second-order valence-corrected chi connectivity index (χ2v) is 2.35. The molecule has 0 saturated heterocycles.